The van der Waals surface area contributed by atoms with Gasteiger partial charge in [-0.3, -0.25) is 0 Å². The van der Waals surface area contributed by atoms with E-state index in [-0.39, 0.29) is 7.12 Å². The minimum Gasteiger partial charge on any atom is -0.411 e. The molecule has 0 saturated carbocycles. The van der Waals surface area contributed by atoms with Gasteiger partial charge in [0, 0.05) is 18.5 Å². The first-order valence-electron chi connectivity index (χ1n) is 5.64. The standard InChI is InChI=1S/C10H22BBrO2/c1-3-5-9-13-11(7-8-12)14-10-6-4-2/h3-10H2,1-2H3. The van der Waals surface area contributed by atoms with Crippen molar-refractivity contribution < 1.29 is 9.31 Å². The molecule has 2 nitrogen and oxygen atoms in total. The lowest BCUT2D eigenvalue weighted by Crippen LogP contribution is -2.24. The van der Waals surface area contributed by atoms with Crippen molar-refractivity contribution in [1.82, 2.24) is 0 Å². The maximum Gasteiger partial charge on any atom is 0.457 e. The molecule has 14 heavy (non-hydrogen) atoms. The molecule has 0 aromatic rings. The second-order valence-corrected chi connectivity index (χ2v) is 4.15. The van der Waals surface area contributed by atoms with Crippen LogP contribution in [0.4, 0.5) is 0 Å². The molecule has 0 saturated heterocycles. The summed E-state index contributed by atoms with van der Waals surface area (Å²) in [6.45, 7) is 5.97. The Morgan fingerprint density at radius 2 is 1.50 bits per heavy atom. The van der Waals surface area contributed by atoms with Crippen LogP contribution in [0.5, 0.6) is 0 Å². The molecule has 0 aromatic carbocycles. The van der Waals surface area contributed by atoms with Crippen LogP contribution in [0.2, 0.25) is 6.32 Å². The Balaban J connectivity index is 3.44. The second kappa shape index (κ2) is 11.5. The zero-order valence-electron chi connectivity index (χ0n) is 9.43. The highest BCUT2D eigenvalue weighted by molar-refractivity contribution is 9.09. The quantitative estimate of drug-likeness (QED) is 0.342. The zero-order valence-corrected chi connectivity index (χ0v) is 11.0. The van der Waals surface area contributed by atoms with E-state index in [0.717, 1.165) is 37.7 Å². The van der Waals surface area contributed by atoms with E-state index in [2.05, 4.69) is 29.8 Å². The van der Waals surface area contributed by atoms with Gasteiger partial charge in [-0.15, -0.1) is 0 Å². The van der Waals surface area contributed by atoms with Crippen molar-refractivity contribution in [2.45, 2.75) is 45.9 Å². The molecule has 0 heterocycles. The molecule has 84 valence electrons. The summed E-state index contributed by atoms with van der Waals surface area (Å²) in [5.74, 6) is 0. The number of hydrogen-bond acceptors (Lipinski definition) is 2. The third-order valence-corrected chi connectivity index (χ3v) is 2.41. The third-order valence-electron chi connectivity index (χ3n) is 1.95. The first-order valence-corrected chi connectivity index (χ1v) is 6.76. The summed E-state index contributed by atoms with van der Waals surface area (Å²) in [4.78, 5) is 0. The molecule has 4 heteroatoms. The van der Waals surface area contributed by atoms with Crippen LogP contribution in [-0.4, -0.2) is 25.7 Å². The first kappa shape index (κ1) is 14.5. The maximum absolute atomic E-state index is 5.62. The molecular formula is C10H22BBrO2. The zero-order chi connectivity index (χ0) is 10.6. The van der Waals surface area contributed by atoms with E-state index >= 15 is 0 Å². The van der Waals surface area contributed by atoms with Crippen LogP contribution in [-0.2, 0) is 9.31 Å². The highest BCUT2D eigenvalue weighted by atomic mass is 79.9. The van der Waals surface area contributed by atoms with Crippen molar-refractivity contribution in [1.29, 1.82) is 0 Å². The SMILES string of the molecule is CCCCOB(CCBr)OCCCC. The van der Waals surface area contributed by atoms with Crippen LogP contribution >= 0.6 is 15.9 Å². The van der Waals surface area contributed by atoms with Gasteiger partial charge in [0.25, 0.3) is 0 Å². The lowest BCUT2D eigenvalue weighted by Gasteiger charge is -2.13. The van der Waals surface area contributed by atoms with Crippen molar-refractivity contribution in [3.63, 3.8) is 0 Å². The molecule has 0 aromatic heterocycles. The van der Waals surface area contributed by atoms with Gasteiger partial charge in [0.15, 0.2) is 0 Å². The molecule has 0 fully saturated rings. The largest absolute Gasteiger partial charge is 0.457 e. The van der Waals surface area contributed by atoms with Crippen LogP contribution < -0.4 is 0 Å². The number of alkyl halides is 1. The average Bonchev–Trinajstić information content (AvgIpc) is 2.18. The molecule has 0 aliphatic heterocycles. The monoisotopic (exact) mass is 264 g/mol. The van der Waals surface area contributed by atoms with Gasteiger partial charge in [-0.25, -0.2) is 0 Å². The lowest BCUT2D eigenvalue weighted by atomic mass is 9.86. The molecular weight excluding hydrogens is 243 g/mol. The van der Waals surface area contributed by atoms with Crippen LogP contribution in [0.15, 0.2) is 0 Å². The van der Waals surface area contributed by atoms with Gasteiger partial charge in [-0.1, -0.05) is 42.6 Å². The van der Waals surface area contributed by atoms with Crippen LogP contribution in [0.1, 0.15) is 39.5 Å². The topological polar surface area (TPSA) is 18.5 Å². The van der Waals surface area contributed by atoms with Gasteiger partial charge in [0.1, 0.15) is 0 Å². The highest BCUT2D eigenvalue weighted by Gasteiger charge is 2.16. The summed E-state index contributed by atoms with van der Waals surface area (Å²) in [5.41, 5.74) is 0. The Kier molecular flexibility index (Phi) is 11.9. The Bertz CT molecular complexity index is 104. The molecule has 0 bridgehead atoms. The Morgan fingerprint density at radius 1 is 1.00 bits per heavy atom. The highest BCUT2D eigenvalue weighted by Crippen LogP contribution is 2.03. The van der Waals surface area contributed by atoms with Gasteiger partial charge in [0.2, 0.25) is 0 Å². The molecule has 0 N–H and O–H groups in total. The first-order chi connectivity index (χ1) is 6.85. The number of hydrogen-bond donors (Lipinski definition) is 0. The van der Waals surface area contributed by atoms with Gasteiger partial charge < -0.3 is 9.31 Å². The number of rotatable bonds is 10. The van der Waals surface area contributed by atoms with E-state index in [1.165, 1.54) is 12.8 Å². The minimum atomic E-state index is -0.00697. The van der Waals surface area contributed by atoms with E-state index < -0.39 is 0 Å². The molecule has 0 aliphatic rings. The summed E-state index contributed by atoms with van der Waals surface area (Å²) >= 11 is 3.41. The van der Waals surface area contributed by atoms with E-state index in [0.29, 0.717) is 0 Å². The fourth-order valence-electron chi connectivity index (χ4n) is 1.02. The van der Waals surface area contributed by atoms with Crippen LogP contribution in [0, 0.1) is 0 Å². The summed E-state index contributed by atoms with van der Waals surface area (Å²) in [6, 6.07) is 0. The molecule has 0 amide bonds. The average molecular weight is 265 g/mol. The molecule has 0 radical (unpaired) electrons. The van der Waals surface area contributed by atoms with Crippen molar-refractivity contribution >= 4 is 23.0 Å². The van der Waals surface area contributed by atoms with E-state index in [1.807, 2.05) is 0 Å². The van der Waals surface area contributed by atoms with Crippen molar-refractivity contribution in [3.05, 3.63) is 0 Å². The molecule has 0 unspecified atom stereocenters. The fraction of sp³-hybridized carbons (Fsp3) is 1.00. The van der Waals surface area contributed by atoms with Crippen molar-refractivity contribution in [3.8, 4) is 0 Å². The molecule has 0 spiro atoms. The van der Waals surface area contributed by atoms with E-state index in [1.54, 1.807) is 0 Å². The summed E-state index contributed by atoms with van der Waals surface area (Å²) in [5, 5.41) is 0.940. The second-order valence-electron chi connectivity index (χ2n) is 3.36. The molecule has 0 atom stereocenters. The van der Waals surface area contributed by atoms with E-state index in [9.17, 15) is 0 Å². The molecule has 0 rings (SSSR count). The summed E-state index contributed by atoms with van der Waals surface area (Å²) in [6.07, 6.45) is 5.53. The Labute approximate surface area is 97.0 Å². The minimum absolute atomic E-state index is 0.00697. The Hall–Kier alpha value is 0.465. The number of unbranched alkanes of at least 4 members (excludes halogenated alkanes) is 2. The predicted octanol–water partition coefficient (Wildman–Crippen LogP) is 3.50. The Morgan fingerprint density at radius 3 is 1.86 bits per heavy atom. The summed E-state index contributed by atoms with van der Waals surface area (Å²) in [7, 11) is -0.00697. The van der Waals surface area contributed by atoms with Gasteiger partial charge in [-0.05, 0) is 19.2 Å². The number of halogens is 1. The van der Waals surface area contributed by atoms with Gasteiger partial charge >= 0.3 is 7.12 Å². The molecule has 0 aliphatic carbocycles. The van der Waals surface area contributed by atoms with Gasteiger partial charge in [-0.2, -0.15) is 0 Å². The maximum atomic E-state index is 5.62. The summed E-state index contributed by atoms with van der Waals surface area (Å²) < 4.78 is 11.2. The van der Waals surface area contributed by atoms with E-state index in [4.69, 9.17) is 9.31 Å². The fourth-order valence-corrected chi connectivity index (χ4v) is 1.40. The third kappa shape index (κ3) is 9.04. The smallest absolute Gasteiger partial charge is 0.411 e. The predicted molar refractivity (Wildman–Crippen MR) is 66.1 cm³/mol. The van der Waals surface area contributed by atoms with Crippen LogP contribution in [0.25, 0.3) is 0 Å². The normalized spacial score (nSPS) is 10.5. The van der Waals surface area contributed by atoms with Crippen LogP contribution in [0.3, 0.4) is 0 Å². The lowest BCUT2D eigenvalue weighted by molar-refractivity contribution is 0.193. The van der Waals surface area contributed by atoms with Crippen molar-refractivity contribution in [2.75, 3.05) is 18.5 Å². The van der Waals surface area contributed by atoms with Crippen molar-refractivity contribution in [2.24, 2.45) is 0 Å². The van der Waals surface area contributed by atoms with Gasteiger partial charge in [0.05, 0.1) is 0 Å².